The molecule has 9 nitrogen and oxygen atoms in total. The Morgan fingerprint density at radius 1 is 1.10 bits per heavy atom. The Hall–Kier alpha value is -4.40. The molecule has 1 aromatic carbocycles. The molecule has 0 aliphatic heterocycles. The Labute approximate surface area is 228 Å². The molecule has 4 aromatic rings. The lowest BCUT2D eigenvalue weighted by atomic mass is 9.89. The van der Waals surface area contributed by atoms with Crippen molar-refractivity contribution < 1.29 is 23.8 Å². The zero-order chi connectivity index (χ0) is 28.0. The monoisotopic (exact) mass is 530 g/mol. The summed E-state index contributed by atoms with van der Waals surface area (Å²) in [5.41, 5.74) is 3.04. The highest BCUT2D eigenvalue weighted by molar-refractivity contribution is 5.87. The fourth-order valence-corrected chi connectivity index (χ4v) is 4.23. The summed E-state index contributed by atoms with van der Waals surface area (Å²) in [6.07, 6.45) is 5.69. The fraction of sp³-hybridized carbons (Fsp3) is 0.333. The van der Waals surface area contributed by atoms with Crippen molar-refractivity contribution in [3.63, 3.8) is 0 Å². The average Bonchev–Trinajstić information content (AvgIpc) is 3.34. The van der Waals surface area contributed by atoms with E-state index in [4.69, 9.17) is 14.2 Å². The van der Waals surface area contributed by atoms with Gasteiger partial charge in [0.2, 0.25) is 0 Å². The van der Waals surface area contributed by atoms with Crippen LogP contribution in [0.2, 0.25) is 0 Å². The predicted octanol–water partition coefficient (Wildman–Crippen LogP) is 5.65. The Kier molecular flexibility index (Phi) is 8.49. The number of benzene rings is 1. The molecule has 39 heavy (non-hydrogen) atoms. The van der Waals surface area contributed by atoms with Gasteiger partial charge in [0, 0.05) is 54.6 Å². The molecule has 0 saturated carbocycles. The van der Waals surface area contributed by atoms with Gasteiger partial charge in [0.15, 0.2) is 0 Å². The number of H-pyrrole nitrogens is 1. The number of ether oxygens (including phenoxy) is 3. The summed E-state index contributed by atoms with van der Waals surface area (Å²) in [5, 5.41) is 0.962. The number of aromatic amines is 1. The van der Waals surface area contributed by atoms with E-state index in [9.17, 15) is 9.59 Å². The summed E-state index contributed by atoms with van der Waals surface area (Å²) in [6.45, 7) is 5.87. The Morgan fingerprint density at radius 3 is 2.64 bits per heavy atom. The van der Waals surface area contributed by atoms with Crippen molar-refractivity contribution in [2.24, 2.45) is 0 Å². The first-order valence-corrected chi connectivity index (χ1v) is 12.8. The second-order valence-corrected chi connectivity index (χ2v) is 10.2. The number of carbonyl (C=O) groups excluding carboxylic acids is 2. The van der Waals surface area contributed by atoms with Crippen LogP contribution in [0.15, 0.2) is 67.1 Å². The molecule has 0 aliphatic rings. The number of methoxy groups -OCH3 is 1. The molecular weight excluding hydrogens is 496 g/mol. The molecule has 0 fully saturated rings. The Balaban J connectivity index is 1.47. The van der Waals surface area contributed by atoms with Crippen molar-refractivity contribution >= 4 is 28.8 Å². The minimum Gasteiger partial charge on any atom is -0.493 e. The van der Waals surface area contributed by atoms with Crippen molar-refractivity contribution in [2.45, 2.75) is 45.1 Å². The molecule has 204 valence electrons. The van der Waals surface area contributed by atoms with Crippen molar-refractivity contribution in [2.75, 3.05) is 25.7 Å². The van der Waals surface area contributed by atoms with Gasteiger partial charge in [-0.1, -0.05) is 12.1 Å². The Bertz CT molecular complexity index is 1430. The molecule has 1 amide bonds. The van der Waals surface area contributed by atoms with Crippen molar-refractivity contribution in [3.8, 4) is 5.75 Å². The number of aromatic nitrogens is 3. The van der Waals surface area contributed by atoms with E-state index in [0.717, 1.165) is 27.7 Å². The van der Waals surface area contributed by atoms with E-state index in [1.165, 1.54) is 12.0 Å². The smallest absolute Gasteiger partial charge is 0.415 e. The van der Waals surface area contributed by atoms with Crippen LogP contribution in [0.25, 0.3) is 10.9 Å². The molecule has 4 rings (SSSR count). The van der Waals surface area contributed by atoms with Crippen LogP contribution < -0.4 is 9.64 Å². The second-order valence-electron chi connectivity index (χ2n) is 10.2. The molecule has 0 aliphatic carbocycles. The molecule has 3 aromatic heterocycles. The lowest BCUT2D eigenvalue weighted by molar-refractivity contribution is -0.140. The molecule has 1 unspecified atom stereocenters. The van der Waals surface area contributed by atoms with E-state index in [1.807, 2.05) is 69.4 Å². The summed E-state index contributed by atoms with van der Waals surface area (Å²) in [7, 11) is 3.03. The first-order valence-electron chi connectivity index (χ1n) is 12.8. The molecular formula is C30H34N4O5. The third-order valence-corrected chi connectivity index (χ3v) is 6.18. The van der Waals surface area contributed by atoms with Crippen molar-refractivity contribution in [3.05, 3.63) is 83.9 Å². The largest absolute Gasteiger partial charge is 0.493 e. The highest BCUT2D eigenvalue weighted by Gasteiger charge is 2.23. The summed E-state index contributed by atoms with van der Waals surface area (Å²) in [5.74, 6) is 0.697. The first-order chi connectivity index (χ1) is 18.6. The van der Waals surface area contributed by atoms with E-state index in [0.29, 0.717) is 24.6 Å². The van der Waals surface area contributed by atoms with Gasteiger partial charge < -0.3 is 19.2 Å². The van der Waals surface area contributed by atoms with Crippen LogP contribution in [-0.2, 0) is 20.7 Å². The van der Waals surface area contributed by atoms with Gasteiger partial charge in [-0.15, -0.1) is 0 Å². The van der Waals surface area contributed by atoms with Gasteiger partial charge in [-0.2, -0.15) is 0 Å². The predicted molar refractivity (Wildman–Crippen MR) is 149 cm³/mol. The van der Waals surface area contributed by atoms with Crippen molar-refractivity contribution in [1.29, 1.82) is 0 Å². The SMILES string of the molecule is COC(=O)CC(c1cccnc1)c1c[nH]c2ccc(OCCc3cccc(N(C)C(=O)OC(C)(C)C)n3)cc12. The molecule has 0 bridgehead atoms. The van der Waals surface area contributed by atoms with E-state index in [2.05, 4.69) is 15.0 Å². The topological polar surface area (TPSA) is 107 Å². The van der Waals surface area contributed by atoms with Crippen LogP contribution >= 0.6 is 0 Å². The van der Waals surface area contributed by atoms with Gasteiger partial charge in [-0.25, -0.2) is 9.78 Å². The molecule has 1 atom stereocenters. The molecule has 3 heterocycles. The Morgan fingerprint density at radius 2 is 1.92 bits per heavy atom. The van der Waals surface area contributed by atoms with Crippen LogP contribution in [0.1, 0.15) is 49.9 Å². The number of fused-ring (bicyclic) bond motifs is 1. The number of anilines is 1. The minimum atomic E-state index is -0.589. The van der Waals surface area contributed by atoms with Gasteiger partial charge in [-0.05, 0) is 68.3 Å². The summed E-state index contributed by atoms with van der Waals surface area (Å²) < 4.78 is 16.5. The van der Waals surface area contributed by atoms with E-state index in [1.54, 1.807) is 25.5 Å². The number of nitrogens with one attached hydrogen (secondary N) is 1. The summed E-state index contributed by atoms with van der Waals surface area (Å²) >= 11 is 0. The van der Waals surface area contributed by atoms with Crippen LogP contribution in [-0.4, -0.2) is 53.4 Å². The average molecular weight is 531 g/mol. The summed E-state index contributed by atoms with van der Waals surface area (Å²) in [6, 6.07) is 15.2. The molecule has 9 heteroatoms. The zero-order valence-corrected chi connectivity index (χ0v) is 22.9. The maximum atomic E-state index is 12.4. The lowest BCUT2D eigenvalue weighted by Gasteiger charge is -2.24. The highest BCUT2D eigenvalue weighted by Crippen LogP contribution is 2.35. The highest BCUT2D eigenvalue weighted by atomic mass is 16.6. The summed E-state index contributed by atoms with van der Waals surface area (Å²) in [4.78, 5) is 38.1. The van der Waals surface area contributed by atoms with Gasteiger partial charge in [0.25, 0.3) is 0 Å². The minimum absolute atomic E-state index is 0.194. The van der Waals surface area contributed by atoms with E-state index >= 15 is 0 Å². The molecule has 0 spiro atoms. The number of hydrogen-bond acceptors (Lipinski definition) is 7. The maximum absolute atomic E-state index is 12.4. The number of rotatable bonds is 9. The number of amides is 1. The second kappa shape index (κ2) is 12.0. The number of pyridine rings is 2. The van der Waals surface area contributed by atoms with E-state index < -0.39 is 11.7 Å². The van der Waals surface area contributed by atoms with Gasteiger partial charge >= 0.3 is 12.1 Å². The van der Waals surface area contributed by atoms with Gasteiger partial charge in [0.1, 0.15) is 17.2 Å². The molecule has 1 N–H and O–H groups in total. The van der Waals surface area contributed by atoms with Crippen LogP contribution in [0.3, 0.4) is 0 Å². The van der Waals surface area contributed by atoms with E-state index in [-0.39, 0.29) is 18.3 Å². The maximum Gasteiger partial charge on any atom is 0.415 e. The fourth-order valence-electron chi connectivity index (χ4n) is 4.23. The molecule has 0 radical (unpaired) electrons. The van der Waals surface area contributed by atoms with Crippen molar-refractivity contribution in [1.82, 2.24) is 15.0 Å². The third kappa shape index (κ3) is 7.13. The van der Waals surface area contributed by atoms with Gasteiger partial charge in [-0.3, -0.25) is 14.7 Å². The van der Waals surface area contributed by atoms with Crippen LogP contribution in [0, 0.1) is 0 Å². The van der Waals surface area contributed by atoms with Gasteiger partial charge in [0.05, 0.1) is 20.1 Å². The number of nitrogens with zero attached hydrogens (tertiary/aromatic N) is 3. The first kappa shape index (κ1) is 27.6. The zero-order valence-electron chi connectivity index (χ0n) is 22.9. The standard InChI is InChI=1S/C30H34N4O5/c1-30(2,3)39-29(36)34(4)27-10-6-9-21(33-27)13-15-38-22-11-12-26-24(16-22)25(19-32-26)23(17-28(35)37-5)20-8-7-14-31-18-20/h6-12,14,16,18-19,23,32H,13,15,17H2,1-5H3. The number of esters is 1. The van der Waals surface area contributed by atoms with Crippen LogP contribution in [0.5, 0.6) is 5.75 Å². The quantitative estimate of drug-likeness (QED) is 0.279. The number of hydrogen-bond donors (Lipinski definition) is 1. The third-order valence-electron chi connectivity index (χ3n) is 6.18. The normalized spacial score (nSPS) is 12.1. The lowest BCUT2D eigenvalue weighted by Crippen LogP contribution is -2.34. The molecule has 0 saturated heterocycles. The number of carbonyl (C=O) groups is 2. The van der Waals surface area contributed by atoms with Crippen LogP contribution in [0.4, 0.5) is 10.6 Å².